The molecule has 0 spiro atoms. The van der Waals surface area contributed by atoms with Crippen molar-refractivity contribution < 1.29 is 14.3 Å². The van der Waals surface area contributed by atoms with Crippen LogP contribution in [0.2, 0.25) is 0 Å². The van der Waals surface area contributed by atoms with E-state index in [1.54, 1.807) is 16.7 Å². The Kier molecular flexibility index (Phi) is 7.82. The van der Waals surface area contributed by atoms with Gasteiger partial charge in [-0.2, -0.15) is 0 Å². The van der Waals surface area contributed by atoms with Crippen LogP contribution in [-0.4, -0.2) is 40.6 Å². The summed E-state index contributed by atoms with van der Waals surface area (Å²) < 4.78 is 5.43. The Morgan fingerprint density at radius 2 is 1.96 bits per heavy atom. The van der Waals surface area contributed by atoms with Crippen LogP contribution in [0.25, 0.3) is 0 Å². The second-order valence-electron chi connectivity index (χ2n) is 6.90. The number of nitrogens with zero attached hydrogens (tertiary/aromatic N) is 1. The van der Waals surface area contributed by atoms with E-state index in [1.165, 1.54) is 0 Å². The first kappa shape index (κ1) is 19.8. The van der Waals surface area contributed by atoms with Crippen molar-refractivity contribution in [2.75, 3.05) is 12.4 Å². The van der Waals surface area contributed by atoms with Crippen LogP contribution in [-0.2, 0) is 9.53 Å². The summed E-state index contributed by atoms with van der Waals surface area (Å²) in [6.07, 6.45) is 4.28. The van der Waals surface area contributed by atoms with Gasteiger partial charge < -0.3 is 9.64 Å². The average molecular weight is 364 g/mol. The van der Waals surface area contributed by atoms with Crippen LogP contribution in [0.1, 0.15) is 56.8 Å². The summed E-state index contributed by atoms with van der Waals surface area (Å²) in [4.78, 5) is 27.4. The highest BCUT2D eigenvalue weighted by atomic mass is 32.2. The minimum Gasteiger partial charge on any atom is -0.464 e. The number of hydrogen-bond donors (Lipinski definition) is 0. The predicted octanol–water partition coefficient (Wildman–Crippen LogP) is 4.35. The third-order valence-electron chi connectivity index (χ3n) is 4.23. The predicted molar refractivity (Wildman–Crippen MR) is 103 cm³/mol. The Labute approximate surface area is 155 Å². The molecule has 1 aliphatic heterocycles. The maximum Gasteiger partial charge on any atom is 0.329 e. The molecule has 5 heteroatoms. The highest BCUT2D eigenvalue weighted by Crippen LogP contribution is 2.34. The zero-order valence-electron chi connectivity index (χ0n) is 15.4. The van der Waals surface area contributed by atoms with Crippen molar-refractivity contribution in [3.63, 3.8) is 0 Å². The van der Waals surface area contributed by atoms with Crippen LogP contribution < -0.4 is 0 Å². The molecule has 0 radical (unpaired) electrons. The molecule has 1 amide bonds. The van der Waals surface area contributed by atoms with Crippen molar-refractivity contribution in [1.82, 2.24) is 4.90 Å². The van der Waals surface area contributed by atoms with Gasteiger partial charge in [0.25, 0.3) is 5.91 Å². The number of benzene rings is 1. The zero-order valence-corrected chi connectivity index (χ0v) is 16.3. The Bertz CT molecular complexity index is 561. The van der Waals surface area contributed by atoms with Crippen LogP contribution in [0.4, 0.5) is 0 Å². The van der Waals surface area contributed by atoms with Gasteiger partial charge in [-0.25, -0.2) is 4.79 Å². The van der Waals surface area contributed by atoms with Crippen LogP contribution in [0.15, 0.2) is 30.3 Å². The maximum atomic E-state index is 13.0. The van der Waals surface area contributed by atoms with Crippen molar-refractivity contribution in [1.29, 1.82) is 0 Å². The van der Waals surface area contributed by atoms with E-state index in [0.29, 0.717) is 17.9 Å². The van der Waals surface area contributed by atoms with Crippen LogP contribution >= 0.6 is 11.8 Å². The van der Waals surface area contributed by atoms with Gasteiger partial charge in [0.15, 0.2) is 0 Å². The number of amides is 1. The van der Waals surface area contributed by atoms with Crippen molar-refractivity contribution in [2.45, 2.75) is 57.9 Å². The van der Waals surface area contributed by atoms with Crippen LogP contribution in [0.3, 0.4) is 0 Å². The average Bonchev–Trinajstić information content (AvgIpc) is 3.04. The number of carbonyl (C=O) groups is 2. The molecular weight excluding hydrogens is 334 g/mol. The van der Waals surface area contributed by atoms with E-state index in [-0.39, 0.29) is 23.2 Å². The van der Waals surface area contributed by atoms with E-state index >= 15 is 0 Å². The van der Waals surface area contributed by atoms with Crippen molar-refractivity contribution in [3.8, 4) is 0 Å². The summed E-state index contributed by atoms with van der Waals surface area (Å²) in [7, 11) is 0. The molecule has 138 valence electrons. The molecule has 2 rings (SSSR count). The van der Waals surface area contributed by atoms with E-state index in [4.69, 9.17) is 4.74 Å². The Hall–Kier alpha value is -1.49. The molecule has 1 heterocycles. The summed E-state index contributed by atoms with van der Waals surface area (Å²) >= 11 is 1.70. The molecule has 1 aromatic carbocycles. The lowest BCUT2D eigenvalue weighted by molar-refractivity contribution is -0.149. The smallest absolute Gasteiger partial charge is 0.329 e. The molecule has 0 aliphatic carbocycles. The summed E-state index contributed by atoms with van der Waals surface area (Å²) in [5.74, 6) is 0.561. The summed E-state index contributed by atoms with van der Waals surface area (Å²) in [6, 6.07) is 8.74. The lowest BCUT2D eigenvalue weighted by Gasteiger charge is -2.28. The number of carbonyl (C=O) groups excluding carboxylic acids is 2. The van der Waals surface area contributed by atoms with Crippen molar-refractivity contribution in [3.05, 3.63) is 35.9 Å². The van der Waals surface area contributed by atoms with Crippen LogP contribution in [0, 0.1) is 5.92 Å². The topological polar surface area (TPSA) is 46.6 Å². The first-order chi connectivity index (χ1) is 12.0. The largest absolute Gasteiger partial charge is 0.464 e. The first-order valence-corrected chi connectivity index (χ1v) is 10.3. The molecule has 1 aliphatic rings. The normalized spacial score (nSPS) is 20.1. The Balaban J connectivity index is 2.14. The van der Waals surface area contributed by atoms with Crippen LogP contribution in [0.5, 0.6) is 0 Å². The fraction of sp³-hybridized carbons (Fsp3) is 0.600. The second-order valence-corrected chi connectivity index (χ2v) is 8.11. The van der Waals surface area contributed by atoms with Gasteiger partial charge in [0.2, 0.25) is 0 Å². The Morgan fingerprint density at radius 3 is 2.60 bits per heavy atom. The van der Waals surface area contributed by atoms with Gasteiger partial charge in [-0.15, -0.1) is 11.8 Å². The Morgan fingerprint density at radius 1 is 1.24 bits per heavy atom. The zero-order chi connectivity index (χ0) is 18.2. The number of rotatable bonds is 8. The molecule has 0 N–H and O–H groups in total. The van der Waals surface area contributed by atoms with Gasteiger partial charge >= 0.3 is 5.97 Å². The number of unbranched alkanes of at least 4 members (excludes halogenated alkanes) is 2. The molecule has 1 saturated heterocycles. The molecule has 1 fully saturated rings. The first-order valence-electron chi connectivity index (χ1n) is 9.20. The number of esters is 1. The van der Waals surface area contributed by atoms with Gasteiger partial charge in [-0.3, -0.25) is 4.79 Å². The van der Waals surface area contributed by atoms with E-state index in [0.717, 1.165) is 25.7 Å². The maximum absolute atomic E-state index is 13.0. The van der Waals surface area contributed by atoms with Gasteiger partial charge in [-0.05, 0) is 24.5 Å². The lowest BCUT2D eigenvalue weighted by Crippen LogP contribution is -2.46. The minimum absolute atomic E-state index is 0.0517. The molecule has 25 heavy (non-hydrogen) atoms. The van der Waals surface area contributed by atoms with Gasteiger partial charge in [0, 0.05) is 11.3 Å². The van der Waals surface area contributed by atoms with Gasteiger partial charge in [-0.1, -0.05) is 58.2 Å². The molecule has 4 nitrogen and oxygen atoms in total. The van der Waals surface area contributed by atoms with E-state index in [1.807, 2.05) is 44.2 Å². The monoisotopic (exact) mass is 363 g/mol. The summed E-state index contributed by atoms with van der Waals surface area (Å²) in [5, 5.41) is 0.0517. The fourth-order valence-corrected chi connectivity index (χ4v) is 4.32. The summed E-state index contributed by atoms with van der Waals surface area (Å²) in [5.41, 5.74) is 0.632. The van der Waals surface area contributed by atoms with E-state index in [9.17, 15) is 9.59 Å². The van der Waals surface area contributed by atoms with Crippen molar-refractivity contribution in [2.24, 2.45) is 5.92 Å². The van der Waals surface area contributed by atoms with E-state index in [2.05, 4.69) is 6.92 Å². The lowest BCUT2D eigenvalue weighted by atomic mass is 10.1. The number of hydrogen-bond acceptors (Lipinski definition) is 4. The standard InChI is InChI=1S/C20H29NO3S/c1-4-5-7-12-18-21(19(22)16-10-8-6-9-11-16)17(14-25-18)20(23)24-13-15(2)3/h6,8-11,15,17-18H,4-5,7,12-14H2,1-3H3. The molecule has 2 unspecified atom stereocenters. The highest BCUT2D eigenvalue weighted by Gasteiger charge is 2.42. The number of thioether (sulfide) groups is 1. The quantitative estimate of drug-likeness (QED) is 0.509. The highest BCUT2D eigenvalue weighted by molar-refractivity contribution is 8.00. The number of ether oxygens (including phenoxy) is 1. The van der Waals surface area contributed by atoms with Crippen molar-refractivity contribution >= 4 is 23.6 Å². The van der Waals surface area contributed by atoms with Gasteiger partial charge in [0.1, 0.15) is 6.04 Å². The third-order valence-corrected chi connectivity index (χ3v) is 5.59. The molecule has 2 atom stereocenters. The molecule has 0 saturated carbocycles. The summed E-state index contributed by atoms with van der Waals surface area (Å²) in [6.45, 7) is 6.59. The SMILES string of the molecule is CCCCCC1SCC(C(=O)OCC(C)C)N1C(=O)c1ccccc1. The van der Waals surface area contributed by atoms with E-state index < -0.39 is 6.04 Å². The molecule has 0 bridgehead atoms. The second kappa shape index (κ2) is 9.85. The van der Waals surface area contributed by atoms with Gasteiger partial charge in [0.05, 0.1) is 12.0 Å². The molecule has 1 aromatic rings. The third kappa shape index (κ3) is 5.50. The minimum atomic E-state index is -0.483. The molecule has 0 aromatic heterocycles. The fourth-order valence-electron chi connectivity index (χ4n) is 2.88. The molecular formula is C20H29NO3S.